The van der Waals surface area contributed by atoms with E-state index in [4.69, 9.17) is 9.16 Å². The quantitative estimate of drug-likeness (QED) is 0.648. The van der Waals surface area contributed by atoms with Gasteiger partial charge in [-0.2, -0.15) is 0 Å². The maximum absolute atomic E-state index is 14.3. The van der Waals surface area contributed by atoms with Gasteiger partial charge in [0.1, 0.15) is 11.4 Å². The molecule has 0 spiro atoms. The summed E-state index contributed by atoms with van der Waals surface area (Å²) in [6, 6.07) is 4.58. The minimum absolute atomic E-state index is 0.0699. The lowest BCUT2D eigenvalue weighted by Gasteiger charge is -2.38. The van der Waals surface area contributed by atoms with Crippen LogP contribution in [0.1, 0.15) is 47.1 Å². The van der Waals surface area contributed by atoms with Crippen molar-refractivity contribution in [2.24, 2.45) is 0 Å². The van der Waals surface area contributed by atoms with E-state index in [-0.39, 0.29) is 16.9 Å². The number of anilines is 1. The summed E-state index contributed by atoms with van der Waals surface area (Å²) in [4.78, 5) is 14.4. The van der Waals surface area contributed by atoms with Crippen LogP contribution in [0.3, 0.4) is 0 Å². The largest absolute Gasteiger partial charge is 0.443 e. The number of carbonyl (C=O) groups excluding carboxylic acids is 1. The van der Waals surface area contributed by atoms with E-state index in [1.807, 2.05) is 20.8 Å². The van der Waals surface area contributed by atoms with Gasteiger partial charge in [0.2, 0.25) is 0 Å². The normalized spacial score (nSPS) is 18.0. The predicted molar refractivity (Wildman–Crippen MR) is 106 cm³/mol. The zero-order valence-electron chi connectivity index (χ0n) is 17.3. The Bertz CT molecular complexity index is 677. The van der Waals surface area contributed by atoms with Gasteiger partial charge < -0.3 is 9.16 Å². The molecule has 6 heteroatoms. The molecule has 0 bridgehead atoms. The molecule has 0 aliphatic carbocycles. The van der Waals surface area contributed by atoms with Gasteiger partial charge in [-0.1, -0.05) is 26.8 Å². The number of fused-ring (bicyclic) bond motifs is 1. The summed E-state index contributed by atoms with van der Waals surface area (Å²) in [6.45, 7) is 16.7. The number of amides is 1. The van der Waals surface area contributed by atoms with E-state index in [0.717, 1.165) is 0 Å². The molecule has 0 radical (unpaired) electrons. The first-order valence-corrected chi connectivity index (χ1v) is 12.1. The highest BCUT2D eigenvalue weighted by molar-refractivity contribution is 6.74. The Morgan fingerprint density at radius 1 is 1.23 bits per heavy atom. The van der Waals surface area contributed by atoms with Crippen LogP contribution in [0.15, 0.2) is 18.2 Å². The SMILES string of the molecule is CC(C)(C)OC(=O)N1c2cccc(F)c2C[C@H]1CO[Si](C)(C)C(C)(C)C. The van der Waals surface area contributed by atoms with Crippen molar-refractivity contribution in [1.29, 1.82) is 0 Å². The fraction of sp³-hybridized carbons (Fsp3) is 0.650. The minimum Gasteiger partial charge on any atom is -0.443 e. The number of rotatable bonds is 3. The lowest BCUT2D eigenvalue weighted by atomic mass is 10.1. The predicted octanol–water partition coefficient (Wildman–Crippen LogP) is 5.51. The van der Waals surface area contributed by atoms with Crippen molar-refractivity contribution < 1.29 is 18.3 Å². The molecule has 0 saturated heterocycles. The molecule has 1 amide bonds. The van der Waals surface area contributed by atoms with E-state index in [1.54, 1.807) is 17.0 Å². The van der Waals surface area contributed by atoms with Crippen molar-refractivity contribution in [3.8, 4) is 0 Å². The van der Waals surface area contributed by atoms with Gasteiger partial charge in [-0.15, -0.1) is 0 Å². The summed E-state index contributed by atoms with van der Waals surface area (Å²) >= 11 is 0. The van der Waals surface area contributed by atoms with Crippen LogP contribution in [0.2, 0.25) is 18.1 Å². The summed E-state index contributed by atoms with van der Waals surface area (Å²) in [7, 11) is -1.97. The highest BCUT2D eigenvalue weighted by Gasteiger charge is 2.42. The highest BCUT2D eigenvalue weighted by Crippen LogP contribution is 2.39. The smallest absolute Gasteiger partial charge is 0.415 e. The van der Waals surface area contributed by atoms with Crippen LogP contribution in [-0.2, 0) is 15.6 Å². The Morgan fingerprint density at radius 2 is 1.85 bits per heavy atom. The molecule has 146 valence electrons. The first-order chi connectivity index (χ1) is 11.7. The van der Waals surface area contributed by atoms with E-state index in [0.29, 0.717) is 24.3 Å². The Balaban J connectivity index is 2.27. The summed E-state index contributed by atoms with van der Waals surface area (Å²) in [6.07, 6.45) is -0.0127. The number of ether oxygens (including phenoxy) is 1. The highest BCUT2D eigenvalue weighted by atomic mass is 28.4. The summed E-state index contributed by atoms with van der Waals surface area (Å²) in [5.74, 6) is -0.286. The monoisotopic (exact) mass is 381 g/mol. The Morgan fingerprint density at radius 3 is 2.38 bits per heavy atom. The average Bonchev–Trinajstić information content (AvgIpc) is 2.82. The van der Waals surface area contributed by atoms with E-state index >= 15 is 0 Å². The number of hydrogen-bond donors (Lipinski definition) is 0. The van der Waals surface area contributed by atoms with Gasteiger partial charge >= 0.3 is 6.09 Å². The molecule has 0 unspecified atom stereocenters. The lowest BCUT2D eigenvalue weighted by molar-refractivity contribution is 0.0558. The second kappa shape index (κ2) is 6.96. The number of benzene rings is 1. The third-order valence-electron chi connectivity index (χ3n) is 5.19. The number of halogens is 1. The molecule has 4 nitrogen and oxygen atoms in total. The van der Waals surface area contributed by atoms with Crippen LogP contribution in [0.25, 0.3) is 0 Å². The van der Waals surface area contributed by atoms with Crippen molar-refractivity contribution in [3.05, 3.63) is 29.6 Å². The third kappa shape index (κ3) is 4.46. The number of hydrogen-bond acceptors (Lipinski definition) is 3. The summed E-state index contributed by atoms with van der Waals surface area (Å²) in [5.41, 5.74) is 0.531. The fourth-order valence-electron chi connectivity index (χ4n) is 2.71. The van der Waals surface area contributed by atoms with Gasteiger partial charge in [-0.3, -0.25) is 4.90 Å². The Labute approximate surface area is 157 Å². The van der Waals surface area contributed by atoms with Crippen LogP contribution in [-0.4, -0.2) is 32.7 Å². The van der Waals surface area contributed by atoms with E-state index < -0.39 is 20.0 Å². The van der Waals surface area contributed by atoms with E-state index in [1.165, 1.54) is 6.07 Å². The zero-order chi connectivity index (χ0) is 19.9. The van der Waals surface area contributed by atoms with Crippen molar-refractivity contribution in [3.63, 3.8) is 0 Å². The summed E-state index contributed by atoms with van der Waals surface area (Å²) in [5, 5.41) is 0.0699. The molecule has 1 atom stereocenters. The van der Waals surface area contributed by atoms with Crippen LogP contribution in [0, 0.1) is 5.82 Å². The molecule has 1 aromatic carbocycles. The van der Waals surface area contributed by atoms with Crippen LogP contribution in [0.5, 0.6) is 0 Å². The average molecular weight is 382 g/mol. The third-order valence-corrected chi connectivity index (χ3v) is 9.69. The Kier molecular flexibility index (Phi) is 5.60. The van der Waals surface area contributed by atoms with Gasteiger partial charge in [0.05, 0.1) is 18.3 Å². The molecule has 0 fully saturated rings. The second-order valence-corrected chi connectivity index (χ2v) is 14.3. The van der Waals surface area contributed by atoms with Crippen LogP contribution in [0.4, 0.5) is 14.9 Å². The van der Waals surface area contributed by atoms with Crippen LogP contribution >= 0.6 is 0 Å². The molecule has 0 aromatic heterocycles. The van der Waals surface area contributed by atoms with Gasteiger partial charge in [-0.05, 0) is 51.0 Å². The maximum Gasteiger partial charge on any atom is 0.415 e. The molecule has 1 aliphatic rings. The molecular formula is C20H32FNO3Si. The fourth-order valence-corrected chi connectivity index (χ4v) is 3.75. The zero-order valence-corrected chi connectivity index (χ0v) is 18.3. The van der Waals surface area contributed by atoms with Crippen molar-refractivity contribution >= 4 is 20.1 Å². The first-order valence-electron chi connectivity index (χ1n) is 9.16. The second-order valence-electron chi connectivity index (χ2n) is 9.52. The number of nitrogens with zero attached hydrogens (tertiary/aromatic N) is 1. The maximum atomic E-state index is 14.3. The molecule has 0 N–H and O–H groups in total. The van der Waals surface area contributed by atoms with Crippen LogP contribution < -0.4 is 4.90 Å². The molecule has 0 saturated carbocycles. The molecule has 1 aliphatic heterocycles. The van der Waals surface area contributed by atoms with Crippen molar-refractivity contribution in [1.82, 2.24) is 0 Å². The van der Waals surface area contributed by atoms with Crippen molar-refractivity contribution in [2.45, 2.75) is 77.7 Å². The topological polar surface area (TPSA) is 38.8 Å². The van der Waals surface area contributed by atoms with E-state index in [2.05, 4.69) is 33.9 Å². The lowest BCUT2D eigenvalue weighted by Crippen LogP contribution is -2.48. The van der Waals surface area contributed by atoms with E-state index in [9.17, 15) is 9.18 Å². The van der Waals surface area contributed by atoms with Gasteiger partial charge in [0.15, 0.2) is 8.32 Å². The molecule has 26 heavy (non-hydrogen) atoms. The van der Waals surface area contributed by atoms with Gasteiger partial charge in [0, 0.05) is 12.0 Å². The summed E-state index contributed by atoms with van der Waals surface area (Å²) < 4.78 is 26.2. The first kappa shape index (κ1) is 20.9. The van der Waals surface area contributed by atoms with Gasteiger partial charge in [-0.25, -0.2) is 9.18 Å². The molecular weight excluding hydrogens is 349 g/mol. The number of carbonyl (C=O) groups is 1. The molecule has 1 heterocycles. The standard InChI is InChI=1S/C20H32FNO3Si/c1-19(2,3)25-18(23)22-14(13-24-26(7,8)20(4,5)6)12-15-16(21)10-9-11-17(15)22/h9-11,14H,12-13H2,1-8H3/t14-/m0/s1. The molecule has 1 aromatic rings. The Hall–Kier alpha value is -1.40. The van der Waals surface area contributed by atoms with Crippen molar-refractivity contribution in [2.75, 3.05) is 11.5 Å². The molecule has 2 rings (SSSR count). The minimum atomic E-state index is -1.97. The van der Waals surface area contributed by atoms with Gasteiger partial charge in [0.25, 0.3) is 0 Å².